The summed E-state index contributed by atoms with van der Waals surface area (Å²) in [5.74, 6) is 0.0800. The zero-order chi connectivity index (χ0) is 15.4. The quantitative estimate of drug-likeness (QED) is 0.870. The molecule has 1 aliphatic rings. The van der Waals surface area contributed by atoms with Gasteiger partial charge in [-0.25, -0.2) is 0 Å². The third kappa shape index (κ3) is 3.59. The van der Waals surface area contributed by atoms with Crippen LogP contribution in [-0.4, -0.2) is 30.7 Å². The molecule has 1 fully saturated rings. The number of hydrogen-bond donors (Lipinski definition) is 1. The molecule has 2 atom stereocenters. The van der Waals surface area contributed by atoms with E-state index in [1.54, 1.807) is 16.7 Å². The molecule has 0 spiro atoms. The van der Waals surface area contributed by atoms with Crippen LogP contribution in [0.1, 0.15) is 26.7 Å². The predicted molar refractivity (Wildman–Crippen MR) is 86.6 cm³/mol. The third-order valence-electron chi connectivity index (χ3n) is 3.99. The number of hydrogen-bond acceptors (Lipinski definition) is 3. The van der Waals surface area contributed by atoms with E-state index in [2.05, 4.69) is 5.32 Å². The van der Waals surface area contributed by atoms with Crippen molar-refractivity contribution in [2.24, 2.45) is 5.92 Å². The lowest BCUT2D eigenvalue weighted by Crippen LogP contribution is -2.48. The van der Waals surface area contributed by atoms with E-state index in [9.17, 15) is 9.59 Å². The first-order valence-corrected chi connectivity index (χ1v) is 8.54. The van der Waals surface area contributed by atoms with Crippen molar-refractivity contribution in [2.75, 3.05) is 17.7 Å². The summed E-state index contributed by atoms with van der Waals surface area (Å²) in [6.45, 7) is 4.48. The van der Waals surface area contributed by atoms with Crippen LogP contribution >= 0.6 is 11.8 Å². The van der Waals surface area contributed by atoms with Gasteiger partial charge in [0.15, 0.2) is 0 Å². The molecule has 4 nitrogen and oxygen atoms in total. The van der Waals surface area contributed by atoms with Crippen molar-refractivity contribution in [3.8, 4) is 0 Å². The van der Waals surface area contributed by atoms with Gasteiger partial charge >= 0.3 is 0 Å². The lowest BCUT2D eigenvalue weighted by molar-refractivity contribution is -0.126. The van der Waals surface area contributed by atoms with Crippen LogP contribution in [0.2, 0.25) is 0 Å². The highest BCUT2D eigenvalue weighted by atomic mass is 32.2. The second-order valence-electron chi connectivity index (χ2n) is 5.37. The zero-order valence-electron chi connectivity index (χ0n) is 12.8. The fourth-order valence-corrected chi connectivity index (χ4v) is 2.91. The average Bonchev–Trinajstić information content (AvgIpc) is 2.66. The zero-order valence-corrected chi connectivity index (χ0v) is 13.6. The van der Waals surface area contributed by atoms with Crippen LogP contribution in [0.25, 0.3) is 0 Å². The van der Waals surface area contributed by atoms with Crippen LogP contribution in [0.4, 0.5) is 5.69 Å². The summed E-state index contributed by atoms with van der Waals surface area (Å²) in [6.07, 6.45) is 3.22. The first kappa shape index (κ1) is 15.9. The molecule has 5 heteroatoms. The molecule has 21 heavy (non-hydrogen) atoms. The van der Waals surface area contributed by atoms with Gasteiger partial charge in [0.25, 0.3) is 0 Å². The van der Waals surface area contributed by atoms with E-state index in [1.165, 1.54) is 0 Å². The van der Waals surface area contributed by atoms with Crippen molar-refractivity contribution in [3.05, 3.63) is 24.3 Å². The number of nitrogens with one attached hydrogen (secondary N) is 1. The Bertz CT molecular complexity index is 533. The van der Waals surface area contributed by atoms with Gasteiger partial charge in [-0.1, -0.05) is 26.3 Å². The van der Waals surface area contributed by atoms with Crippen molar-refractivity contribution in [1.82, 2.24) is 5.32 Å². The van der Waals surface area contributed by atoms with Gasteiger partial charge in [0.1, 0.15) is 6.04 Å². The number of anilines is 1. The molecule has 1 heterocycles. The molecule has 0 saturated carbocycles. The van der Waals surface area contributed by atoms with Crippen LogP contribution in [0.15, 0.2) is 29.2 Å². The Hall–Kier alpha value is -1.49. The number of thioether (sulfide) groups is 1. The molecular weight excluding hydrogens is 284 g/mol. The summed E-state index contributed by atoms with van der Waals surface area (Å²) in [6, 6.07) is 7.48. The lowest BCUT2D eigenvalue weighted by Gasteiger charge is -2.27. The topological polar surface area (TPSA) is 49.4 Å². The van der Waals surface area contributed by atoms with E-state index in [0.29, 0.717) is 13.0 Å². The van der Waals surface area contributed by atoms with Gasteiger partial charge in [-0.3, -0.25) is 9.59 Å². The second-order valence-corrected chi connectivity index (χ2v) is 6.25. The number of amides is 2. The molecule has 1 aliphatic heterocycles. The van der Waals surface area contributed by atoms with Gasteiger partial charge in [0, 0.05) is 23.5 Å². The van der Waals surface area contributed by atoms with E-state index >= 15 is 0 Å². The first-order valence-electron chi connectivity index (χ1n) is 7.31. The van der Waals surface area contributed by atoms with Crippen molar-refractivity contribution >= 4 is 29.3 Å². The minimum Gasteiger partial charge on any atom is -0.344 e. The van der Waals surface area contributed by atoms with Crippen molar-refractivity contribution in [3.63, 3.8) is 0 Å². The fraction of sp³-hybridized carbons (Fsp3) is 0.500. The summed E-state index contributed by atoms with van der Waals surface area (Å²) in [5, 5.41) is 2.87. The molecule has 2 rings (SSSR count). The molecule has 2 amide bonds. The molecule has 1 saturated heterocycles. The largest absolute Gasteiger partial charge is 0.344 e. The van der Waals surface area contributed by atoms with Crippen molar-refractivity contribution in [1.29, 1.82) is 0 Å². The Morgan fingerprint density at radius 1 is 1.43 bits per heavy atom. The summed E-state index contributed by atoms with van der Waals surface area (Å²) in [4.78, 5) is 27.5. The monoisotopic (exact) mass is 306 g/mol. The summed E-state index contributed by atoms with van der Waals surface area (Å²) >= 11 is 1.65. The Morgan fingerprint density at radius 2 is 2.19 bits per heavy atom. The molecule has 114 valence electrons. The van der Waals surface area contributed by atoms with E-state index < -0.39 is 6.04 Å². The van der Waals surface area contributed by atoms with E-state index in [4.69, 9.17) is 0 Å². The molecular formula is C16H22N2O2S. The van der Waals surface area contributed by atoms with Gasteiger partial charge in [-0.15, -0.1) is 11.8 Å². The van der Waals surface area contributed by atoms with Crippen molar-refractivity contribution < 1.29 is 9.59 Å². The van der Waals surface area contributed by atoms with Crippen LogP contribution in [0, 0.1) is 5.92 Å². The lowest BCUT2D eigenvalue weighted by atomic mass is 9.98. The summed E-state index contributed by atoms with van der Waals surface area (Å²) in [5.41, 5.74) is 0.872. The van der Waals surface area contributed by atoms with Crippen LogP contribution < -0.4 is 10.2 Å². The Morgan fingerprint density at radius 3 is 2.86 bits per heavy atom. The maximum absolute atomic E-state index is 12.8. The molecule has 1 aromatic carbocycles. The number of carbonyl (C=O) groups excluding carboxylic acids is 2. The Kier molecular flexibility index (Phi) is 5.28. The molecule has 0 radical (unpaired) electrons. The molecule has 0 bridgehead atoms. The number of rotatable bonds is 4. The third-order valence-corrected chi connectivity index (χ3v) is 4.71. The van der Waals surface area contributed by atoms with Gasteiger partial charge < -0.3 is 10.2 Å². The maximum Gasteiger partial charge on any atom is 0.249 e. The van der Waals surface area contributed by atoms with Gasteiger partial charge in [0.2, 0.25) is 11.8 Å². The molecule has 0 aromatic heterocycles. The Balaban J connectivity index is 2.32. The number of nitrogens with zero attached hydrogens (tertiary/aromatic N) is 1. The van der Waals surface area contributed by atoms with Gasteiger partial charge in [-0.05, 0) is 30.4 Å². The highest BCUT2D eigenvalue weighted by Gasteiger charge is 2.33. The molecule has 2 unspecified atom stereocenters. The van der Waals surface area contributed by atoms with E-state index in [0.717, 1.165) is 17.0 Å². The minimum atomic E-state index is -0.428. The summed E-state index contributed by atoms with van der Waals surface area (Å²) < 4.78 is 0. The van der Waals surface area contributed by atoms with E-state index in [-0.39, 0.29) is 17.7 Å². The minimum absolute atomic E-state index is 0.00606. The highest BCUT2D eigenvalue weighted by Crippen LogP contribution is 2.25. The first-order chi connectivity index (χ1) is 10.1. The van der Waals surface area contributed by atoms with E-state index in [1.807, 2.05) is 44.4 Å². The SMILES string of the molecule is CCC(C)C1NC(=O)CCN(c2cccc(SC)c2)C1=O. The second kappa shape index (κ2) is 6.98. The normalized spacial score (nSPS) is 20.9. The van der Waals surface area contributed by atoms with Crippen LogP contribution in [0.3, 0.4) is 0 Å². The molecule has 0 aliphatic carbocycles. The van der Waals surface area contributed by atoms with Crippen LogP contribution in [0.5, 0.6) is 0 Å². The van der Waals surface area contributed by atoms with Crippen molar-refractivity contribution in [2.45, 2.75) is 37.6 Å². The Labute approximate surface area is 130 Å². The summed E-state index contributed by atoms with van der Waals surface area (Å²) in [7, 11) is 0. The smallest absolute Gasteiger partial charge is 0.249 e. The van der Waals surface area contributed by atoms with Gasteiger partial charge in [0.05, 0.1) is 0 Å². The fourth-order valence-electron chi connectivity index (χ4n) is 2.45. The predicted octanol–water partition coefficient (Wildman–Crippen LogP) is 2.68. The number of carbonyl (C=O) groups is 2. The average molecular weight is 306 g/mol. The highest BCUT2D eigenvalue weighted by molar-refractivity contribution is 7.98. The standard InChI is InChI=1S/C16H22N2O2S/c1-4-11(2)15-16(20)18(9-8-14(19)17-15)12-6-5-7-13(10-12)21-3/h5-7,10-11,15H,4,8-9H2,1-3H3,(H,17,19). The molecule has 1 aromatic rings. The van der Waals surface area contributed by atoms with Gasteiger partial charge in [-0.2, -0.15) is 0 Å². The number of benzene rings is 1. The van der Waals surface area contributed by atoms with Crippen LogP contribution in [-0.2, 0) is 9.59 Å². The molecule has 1 N–H and O–H groups in total. The maximum atomic E-state index is 12.8.